The van der Waals surface area contributed by atoms with Gasteiger partial charge in [-0.15, -0.1) is 0 Å². The second-order valence-corrected chi connectivity index (χ2v) is 11.7. The van der Waals surface area contributed by atoms with Gasteiger partial charge in [0.2, 0.25) is 0 Å². The number of carbonyl (C=O) groups is 5. The maximum atomic E-state index is 13.4. The SMILES string of the molecule is Cc1ccc(-c2ccco2)c2[nH]cc(C(=O)C(=O)N3CCN(C(=O)c4cccc(OCCOCCCC(=O)CCCC(=O)O)c4)CC3)c12. The van der Waals surface area contributed by atoms with Crippen LogP contribution in [0.1, 0.15) is 58.4 Å². The minimum absolute atomic E-state index is 0.00534. The number of nitrogens with zero attached hydrogens (tertiary/aromatic N) is 2. The number of H-pyrrole nitrogens is 1. The van der Waals surface area contributed by atoms with Gasteiger partial charge in [0.25, 0.3) is 17.6 Å². The maximum Gasteiger partial charge on any atom is 0.303 e. The highest BCUT2D eigenvalue weighted by Crippen LogP contribution is 2.33. The summed E-state index contributed by atoms with van der Waals surface area (Å²) in [7, 11) is 0. The standard InChI is InChI=1S/C36H39N3O9/c1-24-12-13-28(30-10-5-19-48-30)33-32(24)29(23-37-33)34(43)36(45)39-16-14-38(15-17-39)35(44)25-6-2-9-27(22-25)47-21-20-46-18-4-8-26(40)7-3-11-31(41)42/h2,5-6,9-10,12-13,19,22-23,37H,3-4,7-8,11,14-18,20-21H2,1H3,(H,41,42). The third-order valence-electron chi connectivity index (χ3n) is 8.29. The zero-order valence-corrected chi connectivity index (χ0v) is 26.9. The van der Waals surface area contributed by atoms with E-state index in [0.29, 0.717) is 60.5 Å². The monoisotopic (exact) mass is 657 g/mol. The smallest absolute Gasteiger partial charge is 0.303 e. The predicted molar refractivity (Wildman–Crippen MR) is 176 cm³/mol. The number of aromatic nitrogens is 1. The Morgan fingerprint density at radius 2 is 1.65 bits per heavy atom. The van der Waals surface area contributed by atoms with Crippen molar-refractivity contribution in [1.29, 1.82) is 0 Å². The van der Waals surface area contributed by atoms with Crippen LogP contribution in [-0.4, -0.2) is 95.2 Å². The Bertz CT molecular complexity index is 1770. The first-order valence-corrected chi connectivity index (χ1v) is 16.0. The molecule has 0 unspecified atom stereocenters. The molecule has 2 amide bonds. The van der Waals surface area contributed by atoms with Crippen LogP contribution in [-0.2, 0) is 19.1 Å². The van der Waals surface area contributed by atoms with Gasteiger partial charge in [-0.3, -0.25) is 24.0 Å². The fourth-order valence-corrected chi connectivity index (χ4v) is 5.76. The molecule has 0 radical (unpaired) electrons. The molecular formula is C36H39N3O9. The number of ketones is 2. The molecular weight excluding hydrogens is 618 g/mol. The van der Waals surface area contributed by atoms with E-state index in [0.717, 1.165) is 16.6 Å². The third kappa shape index (κ3) is 8.37. The molecule has 0 spiro atoms. The van der Waals surface area contributed by atoms with Crippen LogP contribution >= 0.6 is 0 Å². The Morgan fingerprint density at radius 1 is 0.875 bits per heavy atom. The average molecular weight is 658 g/mol. The van der Waals surface area contributed by atoms with Crippen molar-refractivity contribution < 1.29 is 43.0 Å². The number of nitrogens with one attached hydrogen (secondary N) is 1. The van der Waals surface area contributed by atoms with Gasteiger partial charge in [0.15, 0.2) is 0 Å². The van der Waals surface area contributed by atoms with Crippen molar-refractivity contribution in [2.75, 3.05) is 46.0 Å². The molecule has 0 aliphatic carbocycles. The lowest BCUT2D eigenvalue weighted by Gasteiger charge is -2.34. The number of benzene rings is 2. The lowest BCUT2D eigenvalue weighted by molar-refractivity contribution is -0.137. The fraction of sp³-hybridized carbons (Fsp3) is 0.361. The number of ether oxygens (including phenoxy) is 2. The number of rotatable bonds is 16. The number of aryl methyl sites for hydroxylation is 1. The molecule has 5 rings (SSSR count). The number of piperazine rings is 1. The lowest BCUT2D eigenvalue weighted by atomic mass is 10.00. The molecule has 2 aromatic carbocycles. The van der Waals surface area contributed by atoms with Gasteiger partial charge in [0.1, 0.15) is 23.9 Å². The number of carboxylic acid groups (broad SMARTS) is 1. The third-order valence-corrected chi connectivity index (χ3v) is 8.29. The number of amides is 2. The average Bonchev–Trinajstić information content (AvgIpc) is 3.79. The fourth-order valence-electron chi connectivity index (χ4n) is 5.76. The normalized spacial score (nSPS) is 13.1. The van der Waals surface area contributed by atoms with E-state index in [4.69, 9.17) is 19.0 Å². The van der Waals surface area contributed by atoms with Gasteiger partial charge in [-0.05, 0) is 61.7 Å². The summed E-state index contributed by atoms with van der Waals surface area (Å²) in [5.74, 6) is -1.10. The Balaban J connectivity index is 1.07. The lowest BCUT2D eigenvalue weighted by Crippen LogP contribution is -2.52. The number of fused-ring (bicyclic) bond motifs is 1. The van der Waals surface area contributed by atoms with Crippen molar-refractivity contribution in [3.8, 4) is 17.1 Å². The summed E-state index contributed by atoms with van der Waals surface area (Å²) in [6.45, 7) is 3.89. The molecule has 252 valence electrons. The van der Waals surface area contributed by atoms with Crippen LogP contribution in [0.3, 0.4) is 0 Å². The molecule has 12 heteroatoms. The molecule has 2 aromatic heterocycles. The second-order valence-electron chi connectivity index (χ2n) is 11.7. The van der Waals surface area contributed by atoms with Crippen molar-refractivity contribution in [3.05, 3.63) is 77.7 Å². The molecule has 0 bridgehead atoms. The quantitative estimate of drug-likeness (QED) is 0.0970. The summed E-state index contributed by atoms with van der Waals surface area (Å²) in [6.07, 6.45) is 4.67. The zero-order chi connectivity index (χ0) is 34.0. The summed E-state index contributed by atoms with van der Waals surface area (Å²) < 4.78 is 16.8. The summed E-state index contributed by atoms with van der Waals surface area (Å²) in [6, 6.07) is 14.3. The molecule has 48 heavy (non-hydrogen) atoms. The van der Waals surface area contributed by atoms with Gasteiger partial charge < -0.3 is 33.8 Å². The van der Waals surface area contributed by atoms with Crippen molar-refractivity contribution in [2.24, 2.45) is 0 Å². The first-order chi connectivity index (χ1) is 23.2. The number of carboxylic acids is 1. The van der Waals surface area contributed by atoms with Crippen LogP contribution < -0.4 is 4.74 Å². The molecule has 1 aliphatic rings. The van der Waals surface area contributed by atoms with Gasteiger partial charge in [0.05, 0.1) is 24.0 Å². The molecule has 0 saturated carbocycles. The van der Waals surface area contributed by atoms with Gasteiger partial charge in [-0.25, -0.2) is 0 Å². The first-order valence-electron chi connectivity index (χ1n) is 16.0. The Labute approximate surface area is 277 Å². The number of hydrogen-bond acceptors (Lipinski definition) is 8. The molecule has 12 nitrogen and oxygen atoms in total. The van der Waals surface area contributed by atoms with Crippen LogP contribution in [0, 0.1) is 6.92 Å². The van der Waals surface area contributed by atoms with Crippen LogP contribution in [0.4, 0.5) is 0 Å². The maximum absolute atomic E-state index is 13.4. The molecule has 0 atom stereocenters. The van der Waals surface area contributed by atoms with E-state index < -0.39 is 17.7 Å². The minimum Gasteiger partial charge on any atom is -0.491 e. The first kappa shape index (κ1) is 34.1. The highest BCUT2D eigenvalue weighted by Gasteiger charge is 2.31. The number of aromatic amines is 1. The number of hydrogen-bond donors (Lipinski definition) is 2. The van der Waals surface area contributed by atoms with Crippen molar-refractivity contribution in [2.45, 2.75) is 39.0 Å². The Hall–Kier alpha value is -5.23. The van der Waals surface area contributed by atoms with E-state index in [9.17, 15) is 24.0 Å². The van der Waals surface area contributed by atoms with Gasteiger partial charge in [-0.1, -0.05) is 12.1 Å². The number of carbonyl (C=O) groups excluding carboxylic acids is 4. The molecule has 1 aliphatic heterocycles. The van der Waals surface area contributed by atoms with Crippen molar-refractivity contribution in [3.63, 3.8) is 0 Å². The highest BCUT2D eigenvalue weighted by atomic mass is 16.5. The van der Waals surface area contributed by atoms with Gasteiger partial charge >= 0.3 is 5.97 Å². The molecule has 1 saturated heterocycles. The van der Waals surface area contributed by atoms with Crippen molar-refractivity contribution in [1.82, 2.24) is 14.8 Å². The van der Waals surface area contributed by atoms with E-state index in [1.165, 1.54) is 4.90 Å². The molecule has 2 N–H and O–H groups in total. The van der Waals surface area contributed by atoms with E-state index in [1.54, 1.807) is 47.7 Å². The topological polar surface area (TPSA) is 159 Å². The van der Waals surface area contributed by atoms with Crippen LogP contribution in [0.25, 0.3) is 22.2 Å². The Morgan fingerprint density at radius 3 is 2.40 bits per heavy atom. The molecule has 4 aromatic rings. The van der Waals surface area contributed by atoms with Gasteiger partial charge in [0, 0.05) is 74.8 Å². The summed E-state index contributed by atoms with van der Waals surface area (Å²) >= 11 is 0. The zero-order valence-electron chi connectivity index (χ0n) is 26.9. The van der Waals surface area contributed by atoms with Crippen LogP contribution in [0.2, 0.25) is 0 Å². The Kier molecular flexibility index (Phi) is 11.4. The van der Waals surface area contributed by atoms with E-state index >= 15 is 0 Å². The minimum atomic E-state index is -0.902. The summed E-state index contributed by atoms with van der Waals surface area (Å²) in [5.41, 5.74) is 3.15. The van der Waals surface area contributed by atoms with Crippen LogP contribution in [0.5, 0.6) is 5.75 Å². The molecule has 3 heterocycles. The number of aliphatic carboxylic acids is 1. The molecule has 1 fully saturated rings. The van der Waals surface area contributed by atoms with E-state index in [2.05, 4.69) is 4.98 Å². The predicted octanol–water partition coefficient (Wildman–Crippen LogP) is 4.90. The number of furan rings is 1. The van der Waals surface area contributed by atoms with E-state index in [-0.39, 0.29) is 57.3 Å². The summed E-state index contributed by atoms with van der Waals surface area (Å²) in [5, 5.41) is 9.32. The number of Topliss-reactive ketones (excluding diaryl/α,β-unsaturated/α-hetero) is 2. The summed E-state index contributed by atoms with van der Waals surface area (Å²) in [4.78, 5) is 68.6. The van der Waals surface area contributed by atoms with Crippen molar-refractivity contribution >= 4 is 40.3 Å². The van der Waals surface area contributed by atoms with E-state index in [1.807, 2.05) is 25.1 Å². The van der Waals surface area contributed by atoms with Gasteiger partial charge in [-0.2, -0.15) is 0 Å². The second kappa shape index (κ2) is 16.1. The van der Waals surface area contributed by atoms with Crippen LogP contribution in [0.15, 0.2) is 65.4 Å². The largest absolute Gasteiger partial charge is 0.491 e. The highest BCUT2D eigenvalue weighted by molar-refractivity contribution is 6.45.